The highest BCUT2D eigenvalue weighted by atomic mass is 16.5. The van der Waals surface area contributed by atoms with Crippen molar-refractivity contribution < 1.29 is 14.3 Å². The van der Waals surface area contributed by atoms with Gasteiger partial charge in [0, 0.05) is 64.0 Å². The van der Waals surface area contributed by atoms with Gasteiger partial charge in [-0.15, -0.1) is 0 Å². The van der Waals surface area contributed by atoms with Gasteiger partial charge in [0.1, 0.15) is 5.75 Å². The van der Waals surface area contributed by atoms with Crippen molar-refractivity contribution in [1.29, 1.82) is 0 Å². The summed E-state index contributed by atoms with van der Waals surface area (Å²) in [4.78, 5) is 36.2. The molecule has 0 spiro atoms. The Morgan fingerprint density at radius 1 is 1.06 bits per heavy atom. The lowest BCUT2D eigenvalue weighted by atomic mass is 9.95. The highest BCUT2D eigenvalue weighted by Gasteiger charge is 2.34. The zero-order chi connectivity index (χ0) is 21.6. The summed E-state index contributed by atoms with van der Waals surface area (Å²) < 4.78 is 5.42. The van der Waals surface area contributed by atoms with E-state index in [0.717, 1.165) is 49.7 Å². The van der Waals surface area contributed by atoms with Crippen LogP contribution in [0.4, 0.5) is 0 Å². The summed E-state index contributed by atoms with van der Waals surface area (Å²) in [5, 5.41) is 0. The molecule has 2 aliphatic rings. The summed E-state index contributed by atoms with van der Waals surface area (Å²) in [6.45, 7) is 4.91. The van der Waals surface area contributed by atoms with Gasteiger partial charge in [0.25, 0.3) is 0 Å². The first-order chi connectivity index (χ1) is 15.1. The lowest BCUT2D eigenvalue weighted by Crippen LogP contribution is -2.52. The van der Waals surface area contributed by atoms with E-state index in [0.29, 0.717) is 25.9 Å². The topological polar surface area (TPSA) is 66.0 Å². The van der Waals surface area contributed by atoms with Gasteiger partial charge in [-0.25, -0.2) is 0 Å². The molecule has 2 aromatic rings. The molecule has 3 heterocycles. The molecule has 1 atom stereocenters. The minimum absolute atomic E-state index is 0.107. The fourth-order valence-corrected chi connectivity index (χ4v) is 4.41. The Morgan fingerprint density at radius 2 is 1.84 bits per heavy atom. The van der Waals surface area contributed by atoms with Crippen LogP contribution in [0.5, 0.6) is 5.75 Å². The number of hydrogen-bond donors (Lipinski definition) is 0. The summed E-state index contributed by atoms with van der Waals surface area (Å²) in [6, 6.07) is 13.7. The zero-order valence-corrected chi connectivity index (χ0v) is 18.1. The van der Waals surface area contributed by atoms with Crippen molar-refractivity contribution in [2.45, 2.75) is 25.9 Å². The number of carbonyl (C=O) groups is 2. The maximum atomic E-state index is 13.2. The van der Waals surface area contributed by atoms with Gasteiger partial charge in [-0.05, 0) is 24.6 Å². The number of benzene rings is 1. The number of ether oxygens (including phenoxy) is 1. The van der Waals surface area contributed by atoms with E-state index in [1.54, 1.807) is 12.0 Å². The van der Waals surface area contributed by atoms with Crippen LogP contribution in [0, 0.1) is 5.92 Å². The monoisotopic (exact) mass is 422 g/mol. The van der Waals surface area contributed by atoms with Crippen molar-refractivity contribution in [3.8, 4) is 5.75 Å². The van der Waals surface area contributed by atoms with Crippen LogP contribution >= 0.6 is 0 Å². The third kappa shape index (κ3) is 5.22. The smallest absolute Gasteiger partial charge is 0.227 e. The van der Waals surface area contributed by atoms with Crippen LogP contribution in [-0.4, -0.2) is 71.3 Å². The van der Waals surface area contributed by atoms with Crippen LogP contribution in [0.1, 0.15) is 24.1 Å². The van der Waals surface area contributed by atoms with Crippen LogP contribution in [-0.2, 0) is 22.7 Å². The molecule has 2 saturated heterocycles. The van der Waals surface area contributed by atoms with Gasteiger partial charge in [0.15, 0.2) is 0 Å². The molecule has 2 amide bonds. The Balaban J connectivity index is 1.32. The van der Waals surface area contributed by atoms with Gasteiger partial charge < -0.3 is 14.5 Å². The number of amides is 2. The number of aromatic nitrogens is 1. The minimum Gasteiger partial charge on any atom is -0.496 e. The largest absolute Gasteiger partial charge is 0.496 e. The van der Waals surface area contributed by atoms with Gasteiger partial charge in [-0.3, -0.25) is 19.5 Å². The molecule has 164 valence electrons. The van der Waals surface area contributed by atoms with E-state index in [9.17, 15) is 9.59 Å². The van der Waals surface area contributed by atoms with E-state index in [-0.39, 0.29) is 17.7 Å². The van der Waals surface area contributed by atoms with E-state index in [2.05, 4.69) is 9.88 Å². The van der Waals surface area contributed by atoms with E-state index >= 15 is 0 Å². The standard InChI is InChI=1S/C24H30N4O3/c1-31-22-8-3-2-6-19(22)16-28-17-20(9-10-23(28)29)24(30)27-14-12-26(13-15-27)18-21-7-4-5-11-25-21/h2-8,11,20H,9-10,12-18H2,1H3. The predicted molar refractivity (Wildman–Crippen MR) is 117 cm³/mol. The molecule has 1 aromatic heterocycles. The highest BCUT2D eigenvalue weighted by molar-refractivity contribution is 5.84. The third-order valence-corrected chi connectivity index (χ3v) is 6.20. The molecule has 7 heteroatoms. The number of nitrogens with zero attached hydrogens (tertiary/aromatic N) is 4. The summed E-state index contributed by atoms with van der Waals surface area (Å²) in [5.74, 6) is 0.924. The van der Waals surface area contributed by atoms with E-state index in [1.165, 1.54) is 0 Å². The number of carbonyl (C=O) groups excluding carboxylic acids is 2. The van der Waals surface area contributed by atoms with Gasteiger partial charge in [0.2, 0.25) is 11.8 Å². The molecule has 0 saturated carbocycles. The summed E-state index contributed by atoms with van der Waals surface area (Å²) in [6.07, 6.45) is 2.87. The van der Waals surface area contributed by atoms with Crippen molar-refractivity contribution in [1.82, 2.24) is 19.7 Å². The van der Waals surface area contributed by atoms with Crippen LogP contribution < -0.4 is 4.74 Å². The molecular formula is C24H30N4O3. The molecule has 0 radical (unpaired) electrons. The Morgan fingerprint density at radius 3 is 2.58 bits per heavy atom. The molecule has 0 aliphatic carbocycles. The zero-order valence-electron chi connectivity index (χ0n) is 18.1. The highest BCUT2D eigenvalue weighted by Crippen LogP contribution is 2.25. The molecule has 0 N–H and O–H groups in total. The molecule has 1 aromatic carbocycles. The fourth-order valence-electron chi connectivity index (χ4n) is 4.41. The number of hydrogen-bond acceptors (Lipinski definition) is 5. The van der Waals surface area contributed by atoms with Crippen molar-refractivity contribution in [2.24, 2.45) is 5.92 Å². The number of likely N-dealkylation sites (tertiary alicyclic amines) is 1. The van der Waals surface area contributed by atoms with E-state index in [1.807, 2.05) is 53.6 Å². The summed E-state index contributed by atoms with van der Waals surface area (Å²) in [7, 11) is 1.64. The average molecular weight is 423 g/mol. The number of rotatable bonds is 6. The van der Waals surface area contributed by atoms with E-state index < -0.39 is 0 Å². The van der Waals surface area contributed by atoms with Crippen molar-refractivity contribution in [3.63, 3.8) is 0 Å². The molecule has 1 unspecified atom stereocenters. The second-order valence-corrected chi connectivity index (χ2v) is 8.24. The number of para-hydroxylation sites is 1. The first-order valence-corrected chi connectivity index (χ1v) is 10.9. The maximum Gasteiger partial charge on any atom is 0.227 e. The second-order valence-electron chi connectivity index (χ2n) is 8.24. The Kier molecular flexibility index (Phi) is 6.82. The Labute approximate surface area is 183 Å². The minimum atomic E-state index is -0.130. The van der Waals surface area contributed by atoms with Crippen LogP contribution in [0.2, 0.25) is 0 Å². The lowest BCUT2D eigenvalue weighted by Gasteiger charge is -2.39. The normalized spacial score (nSPS) is 20.0. The second kappa shape index (κ2) is 9.92. The number of piperidine rings is 1. The third-order valence-electron chi connectivity index (χ3n) is 6.20. The first kappa shape index (κ1) is 21.3. The predicted octanol–water partition coefficient (Wildman–Crippen LogP) is 2.17. The van der Waals surface area contributed by atoms with Crippen molar-refractivity contribution >= 4 is 11.8 Å². The van der Waals surface area contributed by atoms with Crippen LogP contribution in [0.3, 0.4) is 0 Å². The summed E-state index contributed by atoms with van der Waals surface area (Å²) in [5.41, 5.74) is 2.02. The van der Waals surface area contributed by atoms with Crippen molar-refractivity contribution in [2.75, 3.05) is 39.8 Å². The number of methoxy groups -OCH3 is 1. The molecule has 0 bridgehead atoms. The first-order valence-electron chi connectivity index (χ1n) is 10.9. The molecule has 31 heavy (non-hydrogen) atoms. The lowest BCUT2D eigenvalue weighted by molar-refractivity contribution is -0.144. The quantitative estimate of drug-likeness (QED) is 0.714. The van der Waals surface area contributed by atoms with Gasteiger partial charge in [-0.1, -0.05) is 24.3 Å². The Bertz CT molecular complexity index is 897. The van der Waals surface area contributed by atoms with Crippen LogP contribution in [0.25, 0.3) is 0 Å². The van der Waals surface area contributed by atoms with E-state index in [4.69, 9.17) is 4.74 Å². The van der Waals surface area contributed by atoms with Gasteiger partial charge >= 0.3 is 0 Å². The fraction of sp³-hybridized carbons (Fsp3) is 0.458. The van der Waals surface area contributed by atoms with Gasteiger partial charge in [-0.2, -0.15) is 0 Å². The maximum absolute atomic E-state index is 13.2. The van der Waals surface area contributed by atoms with Crippen LogP contribution in [0.15, 0.2) is 48.7 Å². The Hall–Kier alpha value is -2.93. The number of piperazine rings is 1. The van der Waals surface area contributed by atoms with Gasteiger partial charge in [0.05, 0.1) is 18.7 Å². The van der Waals surface area contributed by atoms with Crippen molar-refractivity contribution in [3.05, 3.63) is 59.9 Å². The molecular weight excluding hydrogens is 392 g/mol. The molecule has 2 fully saturated rings. The SMILES string of the molecule is COc1ccccc1CN1CC(C(=O)N2CCN(Cc3ccccn3)CC2)CCC1=O. The average Bonchev–Trinajstić information content (AvgIpc) is 2.81. The molecule has 7 nitrogen and oxygen atoms in total. The molecule has 4 rings (SSSR count). The summed E-state index contributed by atoms with van der Waals surface area (Å²) >= 11 is 0. The number of pyridine rings is 1. The molecule has 2 aliphatic heterocycles.